The van der Waals surface area contributed by atoms with Gasteiger partial charge in [0.25, 0.3) is 5.91 Å². The highest BCUT2D eigenvalue weighted by molar-refractivity contribution is 7.99. The molecule has 0 radical (unpaired) electrons. The summed E-state index contributed by atoms with van der Waals surface area (Å²) < 4.78 is 22.9. The van der Waals surface area contributed by atoms with Crippen LogP contribution in [0.1, 0.15) is 16.8 Å². The lowest BCUT2D eigenvalue weighted by atomic mass is 10.0. The maximum Gasteiger partial charge on any atom is 0.251 e. The lowest BCUT2D eigenvalue weighted by Gasteiger charge is -2.19. The van der Waals surface area contributed by atoms with Gasteiger partial charge in [-0.3, -0.25) is 9.59 Å². The van der Waals surface area contributed by atoms with Crippen LogP contribution in [0, 0.1) is 5.92 Å². The molecule has 0 spiro atoms. The number of thioether (sulfide) groups is 1. The molecule has 2 fully saturated rings. The van der Waals surface area contributed by atoms with Crippen LogP contribution in [0.4, 0.5) is 0 Å². The van der Waals surface area contributed by atoms with Crippen molar-refractivity contribution >= 4 is 33.4 Å². The van der Waals surface area contributed by atoms with E-state index in [4.69, 9.17) is 0 Å². The zero-order valence-electron chi connectivity index (χ0n) is 14.6. The monoisotopic (exact) mass is 397 g/mol. The van der Waals surface area contributed by atoms with E-state index >= 15 is 0 Å². The second-order valence-electron chi connectivity index (χ2n) is 6.71. The van der Waals surface area contributed by atoms with Gasteiger partial charge in [0.05, 0.1) is 16.8 Å². The fourth-order valence-corrected chi connectivity index (χ4v) is 4.74. The maximum atomic E-state index is 12.4. The second kappa shape index (κ2) is 7.98. The van der Waals surface area contributed by atoms with Gasteiger partial charge in [-0.15, -0.1) is 11.8 Å². The van der Waals surface area contributed by atoms with Crippen molar-refractivity contribution in [1.82, 2.24) is 15.5 Å². The largest absolute Gasteiger partial charge is 0.352 e. The Morgan fingerprint density at radius 2 is 2.04 bits per heavy atom. The van der Waals surface area contributed by atoms with E-state index in [1.54, 1.807) is 11.8 Å². The first-order valence-electron chi connectivity index (χ1n) is 8.53. The Kier molecular flexibility index (Phi) is 5.89. The van der Waals surface area contributed by atoms with Gasteiger partial charge in [0.2, 0.25) is 5.91 Å². The summed E-state index contributed by atoms with van der Waals surface area (Å²) in [6.45, 7) is 2.00. The number of sulfone groups is 1. The minimum absolute atomic E-state index is 0.153. The van der Waals surface area contributed by atoms with Crippen molar-refractivity contribution in [3.05, 3.63) is 29.8 Å². The number of benzene rings is 1. The van der Waals surface area contributed by atoms with Crippen LogP contribution in [0.5, 0.6) is 0 Å². The third-order valence-electron chi connectivity index (χ3n) is 4.68. The predicted molar refractivity (Wildman–Crippen MR) is 101 cm³/mol. The molecule has 0 aromatic heterocycles. The SMILES string of the molecule is CS(=O)(=O)c1ccc(C(=O)NCC2CNC(C(=O)N3CCSC3)C2)cc1. The fourth-order valence-electron chi connectivity index (χ4n) is 3.15. The summed E-state index contributed by atoms with van der Waals surface area (Å²) in [6, 6.07) is 5.73. The number of nitrogens with zero attached hydrogens (tertiary/aromatic N) is 1. The Balaban J connectivity index is 1.48. The molecule has 2 saturated heterocycles. The Bertz CT molecular complexity index is 774. The number of hydrogen-bond donors (Lipinski definition) is 2. The van der Waals surface area contributed by atoms with E-state index < -0.39 is 9.84 Å². The van der Waals surface area contributed by atoms with Gasteiger partial charge in [0, 0.05) is 37.2 Å². The molecule has 2 aliphatic heterocycles. The van der Waals surface area contributed by atoms with Crippen LogP contribution in [0.15, 0.2) is 29.2 Å². The van der Waals surface area contributed by atoms with Gasteiger partial charge in [-0.1, -0.05) is 0 Å². The zero-order valence-corrected chi connectivity index (χ0v) is 16.2. The fraction of sp³-hybridized carbons (Fsp3) is 0.529. The Morgan fingerprint density at radius 1 is 1.31 bits per heavy atom. The van der Waals surface area contributed by atoms with Crippen LogP contribution in [-0.2, 0) is 14.6 Å². The van der Waals surface area contributed by atoms with E-state index in [9.17, 15) is 18.0 Å². The predicted octanol–water partition coefficient (Wildman–Crippen LogP) is 0.331. The summed E-state index contributed by atoms with van der Waals surface area (Å²) in [5.41, 5.74) is 0.421. The van der Waals surface area contributed by atoms with Crippen LogP contribution < -0.4 is 10.6 Å². The first-order valence-corrected chi connectivity index (χ1v) is 11.6. The summed E-state index contributed by atoms with van der Waals surface area (Å²) >= 11 is 1.77. The van der Waals surface area contributed by atoms with Gasteiger partial charge in [0.1, 0.15) is 0 Å². The molecule has 0 bridgehead atoms. The van der Waals surface area contributed by atoms with Gasteiger partial charge in [0.15, 0.2) is 9.84 Å². The van der Waals surface area contributed by atoms with Crippen molar-refractivity contribution in [1.29, 1.82) is 0 Å². The topological polar surface area (TPSA) is 95.6 Å². The number of amides is 2. The Labute approximate surface area is 157 Å². The molecule has 9 heteroatoms. The van der Waals surface area contributed by atoms with E-state index in [1.807, 2.05) is 4.90 Å². The summed E-state index contributed by atoms with van der Waals surface area (Å²) in [4.78, 5) is 26.7. The zero-order chi connectivity index (χ0) is 18.7. The van der Waals surface area contributed by atoms with E-state index in [1.165, 1.54) is 24.3 Å². The average Bonchev–Trinajstić information content (AvgIpc) is 3.30. The minimum atomic E-state index is -3.27. The van der Waals surface area contributed by atoms with Crippen LogP contribution in [0.2, 0.25) is 0 Å². The standard InChI is InChI=1S/C17H23N3O4S2/c1-26(23,24)14-4-2-13(3-5-14)16(21)19-10-12-8-15(18-9-12)17(22)20-6-7-25-11-20/h2-5,12,15,18H,6-11H2,1H3,(H,19,21). The molecule has 7 nitrogen and oxygen atoms in total. The van der Waals surface area contributed by atoms with E-state index in [-0.39, 0.29) is 28.7 Å². The molecule has 1 aromatic carbocycles. The van der Waals surface area contributed by atoms with Crippen molar-refractivity contribution in [3.63, 3.8) is 0 Å². The number of hydrogen-bond acceptors (Lipinski definition) is 6. The van der Waals surface area contributed by atoms with Crippen molar-refractivity contribution in [2.24, 2.45) is 5.92 Å². The Hall–Kier alpha value is -1.58. The highest BCUT2D eigenvalue weighted by Gasteiger charge is 2.33. The van der Waals surface area contributed by atoms with Crippen molar-refractivity contribution in [2.45, 2.75) is 17.4 Å². The number of nitrogens with one attached hydrogen (secondary N) is 2. The molecule has 142 valence electrons. The molecule has 1 aromatic rings. The van der Waals surface area contributed by atoms with Crippen molar-refractivity contribution in [3.8, 4) is 0 Å². The van der Waals surface area contributed by atoms with E-state index in [0.717, 1.165) is 24.4 Å². The molecular weight excluding hydrogens is 374 g/mol. The average molecular weight is 398 g/mol. The molecule has 2 heterocycles. The molecule has 2 atom stereocenters. The summed E-state index contributed by atoms with van der Waals surface area (Å²) in [7, 11) is -3.27. The van der Waals surface area contributed by atoms with Crippen LogP contribution in [0.3, 0.4) is 0 Å². The van der Waals surface area contributed by atoms with Gasteiger partial charge < -0.3 is 15.5 Å². The van der Waals surface area contributed by atoms with Gasteiger partial charge in [-0.05, 0) is 36.6 Å². The lowest BCUT2D eigenvalue weighted by Crippen LogP contribution is -2.42. The smallest absolute Gasteiger partial charge is 0.251 e. The number of rotatable bonds is 5. The molecule has 0 aliphatic carbocycles. The normalized spacial score (nSPS) is 23.2. The molecule has 2 N–H and O–H groups in total. The van der Waals surface area contributed by atoms with E-state index in [0.29, 0.717) is 25.1 Å². The van der Waals surface area contributed by atoms with Crippen LogP contribution >= 0.6 is 11.8 Å². The summed E-state index contributed by atoms with van der Waals surface area (Å²) in [5, 5.41) is 6.12. The molecule has 2 amide bonds. The van der Waals surface area contributed by atoms with Crippen molar-refractivity contribution < 1.29 is 18.0 Å². The highest BCUT2D eigenvalue weighted by Crippen LogP contribution is 2.20. The third-order valence-corrected chi connectivity index (χ3v) is 6.77. The first-order chi connectivity index (χ1) is 12.3. The first kappa shape index (κ1) is 19.2. The summed E-state index contributed by atoms with van der Waals surface area (Å²) in [5.74, 6) is 1.88. The van der Waals surface area contributed by atoms with Gasteiger partial charge >= 0.3 is 0 Å². The minimum Gasteiger partial charge on any atom is -0.352 e. The molecule has 2 aliphatic rings. The molecule has 3 rings (SSSR count). The number of carbonyl (C=O) groups excluding carboxylic acids is 2. The number of carbonyl (C=O) groups is 2. The molecule has 2 unspecified atom stereocenters. The molecular formula is C17H23N3O4S2. The van der Waals surface area contributed by atoms with Crippen molar-refractivity contribution in [2.75, 3.05) is 37.5 Å². The molecule has 0 saturated carbocycles. The molecule has 26 heavy (non-hydrogen) atoms. The Morgan fingerprint density at radius 3 is 2.65 bits per heavy atom. The van der Waals surface area contributed by atoms with Gasteiger partial charge in [-0.2, -0.15) is 0 Å². The quantitative estimate of drug-likeness (QED) is 0.744. The van der Waals surface area contributed by atoms with Crippen LogP contribution in [0.25, 0.3) is 0 Å². The maximum absolute atomic E-state index is 12.4. The highest BCUT2D eigenvalue weighted by atomic mass is 32.2. The van der Waals surface area contributed by atoms with Crippen LogP contribution in [-0.4, -0.2) is 68.7 Å². The lowest BCUT2D eigenvalue weighted by molar-refractivity contribution is -0.131. The summed E-state index contributed by atoms with van der Waals surface area (Å²) in [6.07, 6.45) is 1.85. The second-order valence-corrected chi connectivity index (χ2v) is 9.80. The third kappa shape index (κ3) is 4.57. The van der Waals surface area contributed by atoms with Gasteiger partial charge in [-0.25, -0.2) is 8.42 Å². The van der Waals surface area contributed by atoms with E-state index in [2.05, 4.69) is 10.6 Å².